The Labute approximate surface area is 143 Å². The third kappa shape index (κ3) is 3.24. The van der Waals surface area contributed by atoms with Crippen LogP contribution in [0.5, 0.6) is 0 Å². The highest BCUT2D eigenvalue weighted by Gasteiger charge is 2.19. The summed E-state index contributed by atoms with van der Waals surface area (Å²) in [5.41, 5.74) is 4.81. The molecule has 1 amide bonds. The monoisotopic (exact) mass is 324 g/mol. The van der Waals surface area contributed by atoms with Crippen molar-refractivity contribution < 1.29 is 9.53 Å². The van der Waals surface area contributed by atoms with E-state index < -0.39 is 0 Å². The number of hydrogen-bond acceptors (Lipinski definition) is 3. The molecule has 2 aliphatic heterocycles. The molecule has 2 heterocycles. The molecule has 1 N–H and O–H groups in total. The van der Waals surface area contributed by atoms with Gasteiger partial charge >= 0.3 is 0 Å². The number of benzene rings is 1. The molecule has 1 aliphatic carbocycles. The molecule has 0 saturated carbocycles. The van der Waals surface area contributed by atoms with E-state index in [1.807, 2.05) is 6.07 Å². The Bertz CT molecular complexity index is 687. The summed E-state index contributed by atoms with van der Waals surface area (Å²) < 4.78 is 5.36. The lowest BCUT2D eigenvalue weighted by Gasteiger charge is -2.26. The van der Waals surface area contributed by atoms with Crippen molar-refractivity contribution in [2.75, 3.05) is 32.8 Å². The standard InChI is InChI=1S/C20H24N2O2/c23-20(21-13-15-8-11-24-14-15)18-5-4-16-6-9-22(19-2-1-3-19)10-7-17(16)12-18/h1-5,12,15H,6-11,13-14H2,(H,21,23). The topological polar surface area (TPSA) is 41.6 Å². The lowest BCUT2D eigenvalue weighted by Crippen LogP contribution is -2.29. The molecule has 1 aromatic carbocycles. The number of rotatable bonds is 4. The molecule has 4 nitrogen and oxygen atoms in total. The average molecular weight is 324 g/mol. The van der Waals surface area contributed by atoms with E-state index in [1.54, 1.807) is 0 Å². The molecule has 126 valence electrons. The number of allylic oxidation sites excluding steroid dienone is 3. The van der Waals surface area contributed by atoms with Gasteiger partial charge in [-0.3, -0.25) is 4.79 Å². The first-order valence-corrected chi connectivity index (χ1v) is 8.90. The van der Waals surface area contributed by atoms with Crippen LogP contribution in [0.2, 0.25) is 0 Å². The van der Waals surface area contributed by atoms with Gasteiger partial charge in [0.15, 0.2) is 0 Å². The van der Waals surface area contributed by atoms with Gasteiger partial charge in [-0.25, -0.2) is 0 Å². The van der Waals surface area contributed by atoms with E-state index in [0.717, 1.165) is 51.1 Å². The van der Waals surface area contributed by atoms with Gasteiger partial charge in [-0.15, -0.1) is 0 Å². The van der Waals surface area contributed by atoms with Gasteiger partial charge in [0.05, 0.1) is 6.61 Å². The largest absolute Gasteiger partial charge is 0.381 e. The fourth-order valence-corrected chi connectivity index (χ4v) is 3.60. The number of carbonyl (C=O) groups excluding carboxylic acids is 1. The van der Waals surface area contributed by atoms with Crippen LogP contribution in [0.15, 0.2) is 42.1 Å². The van der Waals surface area contributed by atoms with Crippen molar-refractivity contribution in [1.82, 2.24) is 10.2 Å². The highest BCUT2D eigenvalue weighted by molar-refractivity contribution is 5.94. The number of nitrogens with one attached hydrogen (secondary N) is 1. The van der Waals surface area contributed by atoms with Gasteiger partial charge < -0.3 is 15.0 Å². The van der Waals surface area contributed by atoms with E-state index in [0.29, 0.717) is 12.5 Å². The van der Waals surface area contributed by atoms with Crippen molar-refractivity contribution in [3.05, 3.63) is 58.8 Å². The number of fused-ring (bicyclic) bond motifs is 1. The molecule has 0 aromatic heterocycles. The van der Waals surface area contributed by atoms with Gasteiger partial charge in [-0.1, -0.05) is 12.1 Å². The lowest BCUT2D eigenvalue weighted by molar-refractivity contribution is 0.0945. The maximum Gasteiger partial charge on any atom is 0.251 e. The molecule has 0 radical (unpaired) electrons. The number of hydrogen-bond donors (Lipinski definition) is 1. The predicted octanol–water partition coefficient (Wildman–Crippen LogP) is 2.31. The van der Waals surface area contributed by atoms with E-state index in [4.69, 9.17) is 4.74 Å². The van der Waals surface area contributed by atoms with Crippen LogP contribution in [0.4, 0.5) is 0 Å². The minimum absolute atomic E-state index is 0.0374. The molecule has 1 aromatic rings. The van der Waals surface area contributed by atoms with Crippen molar-refractivity contribution in [3.63, 3.8) is 0 Å². The zero-order valence-corrected chi connectivity index (χ0v) is 14.0. The minimum Gasteiger partial charge on any atom is -0.381 e. The Balaban J connectivity index is 1.39. The fraction of sp³-hybridized carbons (Fsp3) is 0.450. The third-order valence-electron chi connectivity index (χ3n) is 5.24. The predicted molar refractivity (Wildman–Crippen MR) is 93.9 cm³/mol. The summed E-state index contributed by atoms with van der Waals surface area (Å²) in [6.07, 6.45) is 9.51. The summed E-state index contributed by atoms with van der Waals surface area (Å²) in [7, 11) is 0. The molecular formula is C20H24N2O2. The van der Waals surface area contributed by atoms with Gasteiger partial charge in [-0.05, 0) is 54.7 Å². The second kappa shape index (κ2) is 6.81. The Kier molecular flexibility index (Phi) is 4.39. The highest BCUT2D eigenvalue weighted by atomic mass is 16.5. The lowest BCUT2D eigenvalue weighted by atomic mass is 9.99. The number of nitrogens with zero attached hydrogens (tertiary/aromatic N) is 1. The molecule has 24 heavy (non-hydrogen) atoms. The first kappa shape index (κ1) is 15.5. The maximum absolute atomic E-state index is 12.4. The zero-order chi connectivity index (χ0) is 16.4. The second-order valence-electron chi connectivity index (χ2n) is 6.86. The van der Waals surface area contributed by atoms with Crippen molar-refractivity contribution in [2.24, 2.45) is 5.92 Å². The van der Waals surface area contributed by atoms with Crippen LogP contribution in [-0.2, 0) is 17.6 Å². The van der Waals surface area contributed by atoms with Crippen molar-refractivity contribution in [2.45, 2.75) is 19.3 Å². The van der Waals surface area contributed by atoms with Gasteiger partial charge in [0.1, 0.15) is 0 Å². The fourth-order valence-electron chi connectivity index (χ4n) is 3.60. The molecule has 3 aliphatic rings. The molecule has 1 fully saturated rings. The molecule has 4 rings (SSSR count). The smallest absolute Gasteiger partial charge is 0.251 e. The van der Waals surface area contributed by atoms with Crippen LogP contribution in [0, 0.1) is 5.92 Å². The van der Waals surface area contributed by atoms with Gasteiger partial charge in [0.25, 0.3) is 5.91 Å². The summed E-state index contributed by atoms with van der Waals surface area (Å²) in [5.74, 6) is 0.502. The molecule has 1 unspecified atom stereocenters. The van der Waals surface area contributed by atoms with Crippen LogP contribution in [0.1, 0.15) is 27.9 Å². The van der Waals surface area contributed by atoms with Crippen molar-refractivity contribution >= 4 is 5.91 Å². The summed E-state index contributed by atoms with van der Waals surface area (Å²) in [4.78, 5) is 14.9. The Morgan fingerprint density at radius 3 is 2.79 bits per heavy atom. The molecule has 4 heteroatoms. The zero-order valence-electron chi connectivity index (χ0n) is 14.0. The Hall–Kier alpha value is -2.07. The SMILES string of the molecule is O=C(NCC1CCOC1)c1ccc2c(c1)CCN(C1=CC=C1)CC2. The van der Waals surface area contributed by atoms with Gasteiger partial charge in [0, 0.05) is 43.4 Å². The van der Waals surface area contributed by atoms with Crippen molar-refractivity contribution in [1.29, 1.82) is 0 Å². The number of amides is 1. The molecule has 0 bridgehead atoms. The first-order chi connectivity index (χ1) is 11.8. The van der Waals surface area contributed by atoms with E-state index in [-0.39, 0.29) is 5.91 Å². The number of ether oxygens (including phenoxy) is 1. The Morgan fingerprint density at radius 1 is 1.25 bits per heavy atom. The summed E-state index contributed by atoms with van der Waals surface area (Å²) in [6, 6.07) is 6.19. The minimum atomic E-state index is 0.0374. The normalized spacial score (nSPS) is 22.4. The molecule has 1 atom stereocenters. The third-order valence-corrected chi connectivity index (χ3v) is 5.24. The van der Waals surface area contributed by atoms with Crippen molar-refractivity contribution in [3.8, 4) is 0 Å². The van der Waals surface area contributed by atoms with Crippen LogP contribution in [0.25, 0.3) is 0 Å². The summed E-state index contributed by atoms with van der Waals surface area (Å²) in [6.45, 7) is 4.38. The first-order valence-electron chi connectivity index (χ1n) is 8.90. The maximum atomic E-state index is 12.4. The average Bonchev–Trinajstić information content (AvgIpc) is 2.99. The van der Waals surface area contributed by atoms with Crippen LogP contribution < -0.4 is 5.32 Å². The van der Waals surface area contributed by atoms with Gasteiger partial charge in [0.2, 0.25) is 0 Å². The van der Waals surface area contributed by atoms with Crippen LogP contribution in [-0.4, -0.2) is 43.7 Å². The summed E-state index contributed by atoms with van der Waals surface area (Å²) >= 11 is 0. The van der Waals surface area contributed by atoms with Gasteiger partial charge in [-0.2, -0.15) is 0 Å². The van der Waals surface area contributed by atoms with E-state index in [9.17, 15) is 4.79 Å². The quantitative estimate of drug-likeness (QED) is 0.924. The molecule has 0 spiro atoms. The molecule has 1 saturated heterocycles. The number of carbonyl (C=O) groups is 1. The van der Waals surface area contributed by atoms with Crippen LogP contribution >= 0.6 is 0 Å². The van der Waals surface area contributed by atoms with Crippen LogP contribution in [0.3, 0.4) is 0 Å². The Morgan fingerprint density at radius 2 is 2.08 bits per heavy atom. The van der Waals surface area contributed by atoms with E-state index in [1.165, 1.54) is 16.8 Å². The molecular weight excluding hydrogens is 300 g/mol. The van der Waals surface area contributed by atoms with E-state index >= 15 is 0 Å². The highest BCUT2D eigenvalue weighted by Crippen LogP contribution is 2.22. The van der Waals surface area contributed by atoms with E-state index in [2.05, 4.69) is 40.6 Å². The second-order valence-corrected chi connectivity index (χ2v) is 6.86. The summed E-state index contributed by atoms with van der Waals surface area (Å²) in [5, 5.41) is 3.06.